The number of aliphatic hydroxyl groups is 1. The zero-order chi connectivity index (χ0) is 20.4. The van der Waals surface area contributed by atoms with Crippen molar-refractivity contribution in [2.45, 2.75) is 17.2 Å². The molecule has 1 heterocycles. The van der Waals surface area contributed by atoms with Crippen LogP contribution >= 0.6 is 0 Å². The van der Waals surface area contributed by atoms with Gasteiger partial charge in [-0.25, -0.2) is 8.42 Å². The van der Waals surface area contributed by atoms with Crippen molar-refractivity contribution in [1.29, 1.82) is 0 Å². The molecule has 1 N–H and O–H groups in total. The molecule has 28 heavy (non-hydrogen) atoms. The van der Waals surface area contributed by atoms with E-state index in [1.165, 1.54) is 4.31 Å². The van der Waals surface area contributed by atoms with Crippen LogP contribution in [0.25, 0.3) is 0 Å². The number of piperazine rings is 1. The molecule has 0 radical (unpaired) electrons. The number of β-amino-alcohol motifs (C(OH)–C–C–N with tert-alkyl or cyclic N) is 1. The lowest BCUT2D eigenvalue weighted by atomic mass is 10.1. The second kappa shape index (κ2) is 8.20. The lowest BCUT2D eigenvalue weighted by molar-refractivity contribution is -0.137. The van der Waals surface area contributed by atoms with Crippen LogP contribution in [0.5, 0.6) is 0 Å². The topological polar surface area (TPSA) is 60.9 Å². The van der Waals surface area contributed by atoms with E-state index in [0.717, 1.165) is 29.8 Å². The minimum absolute atomic E-state index is 0.154. The highest BCUT2D eigenvalue weighted by molar-refractivity contribution is 7.89. The highest BCUT2D eigenvalue weighted by atomic mass is 32.2. The Bertz CT molecular complexity index is 879. The van der Waals surface area contributed by atoms with E-state index in [-0.39, 0.29) is 18.0 Å². The van der Waals surface area contributed by atoms with Gasteiger partial charge >= 0.3 is 6.18 Å². The summed E-state index contributed by atoms with van der Waals surface area (Å²) in [5, 5.41) is 10.3. The smallest absolute Gasteiger partial charge is 0.387 e. The highest BCUT2D eigenvalue weighted by Crippen LogP contribution is 2.30. The fourth-order valence-electron chi connectivity index (χ4n) is 3.14. The van der Waals surface area contributed by atoms with Crippen LogP contribution in [0.1, 0.15) is 17.2 Å². The van der Waals surface area contributed by atoms with Crippen molar-refractivity contribution < 1.29 is 26.7 Å². The molecule has 9 heteroatoms. The van der Waals surface area contributed by atoms with Gasteiger partial charge in [-0.1, -0.05) is 30.3 Å². The van der Waals surface area contributed by atoms with Crippen LogP contribution < -0.4 is 0 Å². The fraction of sp³-hybridized carbons (Fsp3) is 0.368. The molecule has 3 rings (SSSR count). The maximum Gasteiger partial charge on any atom is 0.416 e. The number of alkyl halides is 3. The van der Waals surface area contributed by atoms with Gasteiger partial charge in [0.05, 0.1) is 16.6 Å². The van der Waals surface area contributed by atoms with Crippen LogP contribution in [0.15, 0.2) is 59.5 Å². The molecule has 0 bridgehead atoms. The summed E-state index contributed by atoms with van der Waals surface area (Å²) in [6.07, 6.45) is -5.17. The quantitative estimate of drug-likeness (QED) is 0.818. The minimum atomic E-state index is -4.51. The van der Waals surface area contributed by atoms with Gasteiger partial charge in [0.1, 0.15) is 0 Å². The predicted molar refractivity (Wildman–Crippen MR) is 98.0 cm³/mol. The lowest BCUT2D eigenvalue weighted by Gasteiger charge is -2.35. The molecular formula is C19H21F3N2O3S. The van der Waals surface area contributed by atoms with Gasteiger partial charge in [-0.2, -0.15) is 17.5 Å². The third-order valence-electron chi connectivity index (χ3n) is 4.77. The zero-order valence-corrected chi connectivity index (χ0v) is 15.8. The van der Waals surface area contributed by atoms with Crippen molar-refractivity contribution in [2.75, 3.05) is 32.7 Å². The van der Waals surface area contributed by atoms with E-state index < -0.39 is 27.9 Å². The summed E-state index contributed by atoms with van der Waals surface area (Å²) >= 11 is 0. The SMILES string of the molecule is O=S(=O)(c1ccc(C(F)(F)F)cc1)N1CCN(C[C@H](O)c2ccccc2)CC1. The molecule has 5 nitrogen and oxygen atoms in total. The number of benzene rings is 2. The molecule has 0 aromatic heterocycles. The number of halogens is 3. The average molecular weight is 414 g/mol. The summed E-state index contributed by atoms with van der Waals surface area (Å²) in [6, 6.07) is 12.7. The van der Waals surface area contributed by atoms with Gasteiger partial charge in [0.25, 0.3) is 0 Å². The van der Waals surface area contributed by atoms with E-state index in [9.17, 15) is 26.7 Å². The van der Waals surface area contributed by atoms with Crippen LogP contribution in [0, 0.1) is 0 Å². The molecule has 2 aromatic rings. The van der Waals surface area contributed by atoms with E-state index in [2.05, 4.69) is 0 Å². The van der Waals surface area contributed by atoms with Crippen molar-refractivity contribution in [3.63, 3.8) is 0 Å². The number of aliphatic hydroxyl groups excluding tert-OH is 1. The first-order chi connectivity index (χ1) is 13.2. The van der Waals surface area contributed by atoms with Crippen molar-refractivity contribution in [1.82, 2.24) is 9.21 Å². The molecule has 0 amide bonds. The Kier molecular flexibility index (Phi) is 6.09. The first kappa shape index (κ1) is 20.8. The van der Waals surface area contributed by atoms with Gasteiger partial charge in [-0.15, -0.1) is 0 Å². The van der Waals surface area contributed by atoms with Crippen LogP contribution in [0.4, 0.5) is 13.2 Å². The van der Waals surface area contributed by atoms with Crippen LogP contribution in [0.2, 0.25) is 0 Å². The third kappa shape index (κ3) is 4.72. The molecule has 1 aliphatic heterocycles. The molecular weight excluding hydrogens is 393 g/mol. The second-order valence-electron chi connectivity index (χ2n) is 6.65. The molecule has 0 spiro atoms. The van der Waals surface area contributed by atoms with Crippen LogP contribution in [-0.2, 0) is 16.2 Å². The standard InChI is InChI=1S/C19H21F3N2O3S/c20-19(21,22)16-6-8-17(9-7-16)28(26,27)24-12-10-23(11-13-24)14-18(25)15-4-2-1-3-5-15/h1-9,18,25H,10-14H2/t18-/m0/s1. The van der Waals surface area contributed by atoms with Crippen molar-refractivity contribution in [3.05, 3.63) is 65.7 Å². The van der Waals surface area contributed by atoms with Gasteiger partial charge < -0.3 is 5.11 Å². The van der Waals surface area contributed by atoms with Crippen molar-refractivity contribution in [2.24, 2.45) is 0 Å². The Morgan fingerprint density at radius 2 is 1.50 bits per heavy atom. The normalized spacial score (nSPS) is 18.1. The second-order valence-corrected chi connectivity index (χ2v) is 8.59. The van der Waals surface area contributed by atoms with Gasteiger partial charge in [0, 0.05) is 32.7 Å². The Balaban J connectivity index is 1.60. The molecule has 1 aliphatic rings. The third-order valence-corrected chi connectivity index (χ3v) is 6.68. The largest absolute Gasteiger partial charge is 0.416 e. The van der Waals surface area contributed by atoms with E-state index in [1.54, 1.807) is 0 Å². The lowest BCUT2D eigenvalue weighted by Crippen LogP contribution is -2.49. The van der Waals surface area contributed by atoms with Gasteiger partial charge in [-0.3, -0.25) is 4.90 Å². The Morgan fingerprint density at radius 3 is 2.04 bits per heavy atom. The molecule has 0 unspecified atom stereocenters. The van der Waals surface area contributed by atoms with Crippen molar-refractivity contribution >= 4 is 10.0 Å². The molecule has 1 saturated heterocycles. The summed E-state index contributed by atoms with van der Waals surface area (Å²) in [6.45, 7) is 1.68. The number of sulfonamides is 1. The Hall–Kier alpha value is -1.94. The Morgan fingerprint density at radius 1 is 0.929 bits per heavy atom. The predicted octanol–water partition coefficient (Wildman–Crippen LogP) is 2.75. The summed E-state index contributed by atoms with van der Waals surface area (Å²) in [4.78, 5) is 1.81. The monoisotopic (exact) mass is 414 g/mol. The number of hydrogen-bond donors (Lipinski definition) is 1. The molecule has 1 fully saturated rings. The minimum Gasteiger partial charge on any atom is -0.387 e. The van der Waals surface area contributed by atoms with E-state index in [4.69, 9.17) is 0 Å². The van der Waals surface area contributed by atoms with E-state index in [1.807, 2.05) is 35.2 Å². The fourth-order valence-corrected chi connectivity index (χ4v) is 4.56. The van der Waals surface area contributed by atoms with Crippen molar-refractivity contribution in [3.8, 4) is 0 Å². The first-order valence-corrected chi connectivity index (χ1v) is 10.2. The molecule has 1 atom stereocenters. The molecule has 0 saturated carbocycles. The highest BCUT2D eigenvalue weighted by Gasteiger charge is 2.32. The van der Waals surface area contributed by atoms with Crippen LogP contribution in [0.3, 0.4) is 0 Å². The molecule has 2 aromatic carbocycles. The van der Waals surface area contributed by atoms with E-state index >= 15 is 0 Å². The molecule has 0 aliphatic carbocycles. The number of rotatable bonds is 5. The average Bonchev–Trinajstić information content (AvgIpc) is 2.68. The summed E-state index contributed by atoms with van der Waals surface area (Å²) in [7, 11) is -3.85. The summed E-state index contributed by atoms with van der Waals surface area (Å²) in [5.41, 5.74) is -0.0894. The number of hydrogen-bond acceptors (Lipinski definition) is 4. The first-order valence-electron chi connectivity index (χ1n) is 8.81. The zero-order valence-electron chi connectivity index (χ0n) is 15.0. The maximum absolute atomic E-state index is 12.7. The van der Waals surface area contributed by atoms with Gasteiger partial charge in [-0.05, 0) is 29.8 Å². The number of nitrogens with zero attached hydrogens (tertiary/aromatic N) is 2. The maximum atomic E-state index is 12.7. The van der Waals surface area contributed by atoms with Gasteiger partial charge in [0.15, 0.2) is 0 Å². The van der Waals surface area contributed by atoms with E-state index in [0.29, 0.717) is 19.6 Å². The molecule has 152 valence electrons. The summed E-state index contributed by atoms with van der Waals surface area (Å²) < 4.78 is 64.6. The Labute approximate surface area is 162 Å². The van der Waals surface area contributed by atoms with Crippen LogP contribution in [-0.4, -0.2) is 55.5 Å². The van der Waals surface area contributed by atoms with Gasteiger partial charge in [0.2, 0.25) is 10.0 Å². The summed E-state index contributed by atoms with van der Waals surface area (Å²) in [5.74, 6) is 0.